The molecule has 1 aromatic rings. The van der Waals surface area contributed by atoms with Gasteiger partial charge in [-0.3, -0.25) is 0 Å². The zero-order valence-corrected chi connectivity index (χ0v) is 11.7. The van der Waals surface area contributed by atoms with Crippen LogP contribution in [0.3, 0.4) is 0 Å². The molecule has 1 aliphatic rings. The monoisotopic (exact) mass is 250 g/mol. The second-order valence-electron chi connectivity index (χ2n) is 5.08. The van der Waals surface area contributed by atoms with Crippen LogP contribution in [0, 0.1) is 20.8 Å². The summed E-state index contributed by atoms with van der Waals surface area (Å²) in [6.45, 7) is 10.2. The topological polar surface area (TPSA) is 27.7 Å². The minimum absolute atomic E-state index is 0.467. The molecule has 0 atom stereocenters. The zero-order valence-electron chi connectivity index (χ0n) is 11.7. The number of benzene rings is 1. The van der Waals surface area contributed by atoms with Gasteiger partial charge in [0, 0.05) is 6.42 Å². The lowest BCUT2D eigenvalue weighted by Gasteiger charge is -2.23. The first-order valence-corrected chi connectivity index (χ1v) is 6.49. The van der Waals surface area contributed by atoms with Crippen LogP contribution in [0.25, 0.3) is 0 Å². The summed E-state index contributed by atoms with van der Waals surface area (Å²) in [5, 5.41) is 0. The van der Waals surface area contributed by atoms with Crippen molar-refractivity contribution in [1.82, 2.24) is 0 Å². The van der Waals surface area contributed by atoms with Gasteiger partial charge in [0.1, 0.15) is 5.75 Å². The van der Waals surface area contributed by atoms with E-state index in [-0.39, 0.29) is 0 Å². The maximum Gasteiger partial charge on any atom is 0.168 e. The number of ether oxygens (including phenoxy) is 3. The number of hydrogen-bond donors (Lipinski definition) is 0. The maximum atomic E-state index is 5.92. The van der Waals surface area contributed by atoms with Crippen LogP contribution in [-0.4, -0.2) is 25.6 Å². The number of aryl methyl sites for hydroxylation is 2. The van der Waals surface area contributed by atoms with Crippen LogP contribution in [0.15, 0.2) is 12.1 Å². The third-order valence-corrected chi connectivity index (χ3v) is 3.57. The van der Waals surface area contributed by atoms with Crippen LogP contribution in [0.5, 0.6) is 5.75 Å². The fourth-order valence-corrected chi connectivity index (χ4v) is 2.19. The van der Waals surface area contributed by atoms with Crippen molar-refractivity contribution in [2.75, 3.05) is 19.8 Å². The van der Waals surface area contributed by atoms with Crippen molar-refractivity contribution in [3.8, 4) is 5.75 Å². The van der Waals surface area contributed by atoms with Gasteiger partial charge in [0.15, 0.2) is 5.79 Å². The Balaban J connectivity index is 1.96. The molecule has 0 aromatic heterocycles. The Morgan fingerprint density at radius 1 is 1.11 bits per heavy atom. The standard InChI is InChI=1S/C15H22O3/c1-11-5-6-12(2)14(13(11)3)16-8-7-15(4)17-9-10-18-15/h5-6H,7-10H2,1-4H3. The normalized spacial score (nSPS) is 18.0. The summed E-state index contributed by atoms with van der Waals surface area (Å²) in [6, 6.07) is 4.23. The molecule has 1 aromatic carbocycles. The van der Waals surface area contributed by atoms with Crippen LogP contribution in [0.4, 0.5) is 0 Å². The first-order chi connectivity index (χ1) is 8.52. The van der Waals surface area contributed by atoms with Crippen molar-refractivity contribution >= 4 is 0 Å². The summed E-state index contributed by atoms with van der Waals surface area (Å²) >= 11 is 0. The Labute approximate surface area is 109 Å². The SMILES string of the molecule is Cc1ccc(C)c(OCCC2(C)OCCO2)c1C. The molecule has 1 heterocycles. The molecule has 0 saturated carbocycles. The lowest BCUT2D eigenvalue weighted by Crippen LogP contribution is -2.28. The third kappa shape index (κ3) is 2.85. The number of hydrogen-bond acceptors (Lipinski definition) is 3. The Kier molecular flexibility index (Phi) is 3.93. The first-order valence-electron chi connectivity index (χ1n) is 6.49. The van der Waals surface area contributed by atoms with Crippen molar-refractivity contribution < 1.29 is 14.2 Å². The van der Waals surface area contributed by atoms with E-state index in [0.29, 0.717) is 19.8 Å². The highest BCUT2D eigenvalue weighted by Gasteiger charge is 2.30. The molecular weight excluding hydrogens is 228 g/mol. The molecule has 0 radical (unpaired) electrons. The molecule has 0 spiro atoms. The van der Waals surface area contributed by atoms with E-state index in [1.165, 1.54) is 16.7 Å². The van der Waals surface area contributed by atoms with E-state index in [0.717, 1.165) is 12.2 Å². The minimum Gasteiger partial charge on any atom is -0.493 e. The van der Waals surface area contributed by atoms with Crippen molar-refractivity contribution in [3.63, 3.8) is 0 Å². The lowest BCUT2D eigenvalue weighted by molar-refractivity contribution is -0.150. The van der Waals surface area contributed by atoms with Crippen molar-refractivity contribution in [2.45, 2.75) is 39.9 Å². The Morgan fingerprint density at radius 3 is 2.39 bits per heavy atom. The summed E-state index contributed by atoms with van der Waals surface area (Å²) in [5.74, 6) is 0.530. The molecule has 0 aliphatic carbocycles. The van der Waals surface area contributed by atoms with Gasteiger partial charge in [0.05, 0.1) is 19.8 Å². The van der Waals surface area contributed by atoms with Gasteiger partial charge in [-0.2, -0.15) is 0 Å². The van der Waals surface area contributed by atoms with Crippen LogP contribution in [-0.2, 0) is 9.47 Å². The van der Waals surface area contributed by atoms with E-state index >= 15 is 0 Å². The van der Waals surface area contributed by atoms with Crippen molar-refractivity contribution in [2.24, 2.45) is 0 Å². The molecule has 3 nitrogen and oxygen atoms in total. The predicted octanol–water partition coefficient (Wildman–Crippen LogP) is 3.14. The van der Waals surface area contributed by atoms with E-state index in [4.69, 9.17) is 14.2 Å². The highest BCUT2D eigenvalue weighted by atomic mass is 16.7. The predicted molar refractivity (Wildman–Crippen MR) is 71.1 cm³/mol. The summed E-state index contributed by atoms with van der Waals surface area (Å²) in [7, 11) is 0. The van der Waals surface area contributed by atoms with Gasteiger partial charge < -0.3 is 14.2 Å². The minimum atomic E-state index is -0.467. The zero-order chi connectivity index (χ0) is 13.2. The highest BCUT2D eigenvalue weighted by molar-refractivity contribution is 5.44. The van der Waals surface area contributed by atoms with Crippen LogP contribution >= 0.6 is 0 Å². The second kappa shape index (κ2) is 5.29. The van der Waals surface area contributed by atoms with Crippen LogP contribution in [0.1, 0.15) is 30.0 Å². The van der Waals surface area contributed by atoms with Gasteiger partial charge >= 0.3 is 0 Å². The van der Waals surface area contributed by atoms with Gasteiger partial charge in [0.25, 0.3) is 0 Å². The Bertz CT molecular complexity index is 420. The van der Waals surface area contributed by atoms with E-state index in [2.05, 4.69) is 32.9 Å². The van der Waals surface area contributed by atoms with Gasteiger partial charge in [-0.15, -0.1) is 0 Å². The fraction of sp³-hybridized carbons (Fsp3) is 0.600. The van der Waals surface area contributed by atoms with Crippen molar-refractivity contribution in [3.05, 3.63) is 28.8 Å². The molecular formula is C15H22O3. The summed E-state index contributed by atoms with van der Waals surface area (Å²) in [4.78, 5) is 0. The molecule has 0 N–H and O–H groups in total. The maximum absolute atomic E-state index is 5.92. The van der Waals surface area contributed by atoms with Gasteiger partial charge in [-0.05, 0) is 44.4 Å². The first kappa shape index (κ1) is 13.4. The van der Waals surface area contributed by atoms with E-state index < -0.39 is 5.79 Å². The molecule has 100 valence electrons. The Morgan fingerprint density at radius 2 is 1.72 bits per heavy atom. The van der Waals surface area contributed by atoms with Gasteiger partial charge in [-0.1, -0.05) is 12.1 Å². The summed E-state index contributed by atoms with van der Waals surface area (Å²) < 4.78 is 17.0. The highest BCUT2D eigenvalue weighted by Crippen LogP contribution is 2.27. The summed E-state index contributed by atoms with van der Waals surface area (Å²) in [5.41, 5.74) is 3.65. The van der Waals surface area contributed by atoms with Crippen LogP contribution in [0.2, 0.25) is 0 Å². The van der Waals surface area contributed by atoms with Crippen LogP contribution < -0.4 is 4.74 Å². The molecule has 0 amide bonds. The van der Waals surface area contributed by atoms with E-state index in [9.17, 15) is 0 Å². The van der Waals surface area contributed by atoms with E-state index in [1.54, 1.807) is 0 Å². The molecule has 1 fully saturated rings. The Hall–Kier alpha value is -1.06. The molecule has 0 unspecified atom stereocenters. The number of rotatable bonds is 4. The molecule has 3 heteroatoms. The average Bonchev–Trinajstić information content (AvgIpc) is 2.76. The summed E-state index contributed by atoms with van der Waals surface area (Å²) in [6.07, 6.45) is 0.750. The fourth-order valence-electron chi connectivity index (χ4n) is 2.19. The average molecular weight is 250 g/mol. The van der Waals surface area contributed by atoms with E-state index in [1.807, 2.05) is 6.92 Å². The van der Waals surface area contributed by atoms with Gasteiger partial charge in [-0.25, -0.2) is 0 Å². The quantitative estimate of drug-likeness (QED) is 0.821. The van der Waals surface area contributed by atoms with Crippen molar-refractivity contribution in [1.29, 1.82) is 0 Å². The van der Waals surface area contributed by atoms with Gasteiger partial charge in [0.2, 0.25) is 0 Å². The molecule has 1 aliphatic heterocycles. The second-order valence-corrected chi connectivity index (χ2v) is 5.08. The smallest absolute Gasteiger partial charge is 0.168 e. The molecule has 2 rings (SSSR count). The largest absolute Gasteiger partial charge is 0.493 e. The molecule has 18 heavy (non-hydrogen) atoms. The lowest BCUT2D eigenvalue weighted by atomic mass is 10.1. The molecule has 1 saturated heterocycles. The third-order valence-electron chi connectivity index (χ3n) is 3.57. The molecule has 0 bridgehead atoms.